The Morgan fingerprint density at radius 2 is 1.56 bits per heavy atom. The molecule has 0 atom stereocenters. The summed E-state index contributed by atoms with van der Waals surface area (Å²) in [5.74, 6) is -1.25. The Balaban J connectivity index is 2.93. The minimum Gasteiger partial charge on any atom is -0.421 e. The Kier molecular flexibility index (Phi) is 4.36. The first-order valence-electron chi connectivity index (χ1n) is 4.99. The van der Waals surface area contributed by atoms with Crippen LogP contribution in [0.2, 0.25) is 0 Å². The van der Waals surface area contributed by atoms with E-state index in [2.05, 4.69) is 0 Å². The number of hydrogen-bond acceptors (Lipinski definition) is 6. The van der Waals surface area contributed by atoms with Crippen LogP contribution in [0.15, 0.2) is 24.3 Å². The van der Waals surface area contributed by atoms with Crippen molar-refractivity contribution in [2.75, 3.05) is 0 Å². The third-order valence-corrected chi connectivity index (χ3v) is 1.92. The molecular weight excluding hydrogens is 242 g/mol. The second kappa shape index (κ2) is 5.76. The van der Waals surface area contributed by atoms with Crippen molar-refractivity contribution >= 4 is 17.6 Å². The molecule has 1 rings (SSSR count). The summed E-state index contributed by atoms with van der Waals surface area (Å²) in [6, 6.07) is 5.17. The van der Waals surface area contributed by atoms with Gasteiger partial charge in [0.25, 0.3) is 12.0 Å². The monoisotopic (exact) mass is 253 g/mol. The van der Waals surface area contributed by atoms with E-state index < -0.39 is 23.2 Å². The van der Waals surface area contributed by atoms with Crippen molar-refractivity contribution in [3.05, 3.63) is 39.9 Å². The molecule has 0 fully saturated rings. The molecule has 0 saturated heterocycles. The number of nitro groups is 1. The van der Waals surface area contributed by atoms with E-state index >= 15 is 0 Å². The molecule has 7 nitrogen and oxygen atoms in total. The van der Waals surface area contributed by atoms with Gasteiger partial charge in [0.2, 0.25) is 0 Å². The van der Waals surface area contributed by atoms with Crippen molar-refractivity contribution < 1.29 is 24.0 Å². The molecule has 7 heteroatoms. The highest BCUT2D eigenvalue weighted by Gasteiger charge is 2.18. The number of ether oxygens (including phenoxy) is 2. The largest absolute Gasteiger partial charge is 0.421 e. The van der Waals surface area contributed by atoms with Gasteiger partial charge in [0, 0.05) is 31.5 Å². The topological polar surface area (TPSA) is 95.7 Å². The summed E-state index contributed by atoms with van der Waals surface area (Å²) < 4.78 is 9.59. The van der Waals surface area contributed by atoms with Crippen molar-refractivity contribution in [3.63, 3.8) is 0 Å². The number of esters is 2. The molecule has 96 valence electrons. The number of nitro benzene ring substituents is 1. The normalized spacial score (nSPS) is 9.94. The van der Waals surface area contributed by atoms with E-state index in [4.69, 9.17) is 9.47 Å². The minimum atomic E-state index is -1.19. The highest BCUT2D eigenvalue weighted by molar-refractivity contribution is 5.68. The number of carbonyl (C=O) groups is 2. The summed E-state index contributed by atoms with van der Waals surface area (Å²) in [4.78, 5) is 31.6. The fourth-order valence-electron chi connectivity index (χ4n) is 1.21. The Hall–Kier alpha value is -2.44. The number of carbonyl (C=O) groups excluding carboxylic acids is 2. The number of rotatable bonds is 4. The summed E-state index contributed by atoms with van der Waals surface area (Å²) in [7, 11) is 0. The zero-order valence-electron chi connectivity index (χ0n) is 9.78. The lowest BCUT2D eigenvalue weighted by Gasteiger charge is -2.16. The van der Waals surface area contributed by atoms with Crippen LogP contribution >= 0.6 is 0 Å². The van der Waals surface area contributed by atoms with Crippen LogP contribution in [0.3, 0.4) is 0 Å². The fourth-order valence-corrected chi connectivity index (χ4v) is 1.21. The average molecular weight is 253 g/mol. The van der Waals surface area contributed by atoms with Gasteiger partial charge >= 0.3 is 11.9 Å². The van der Waals surface area contributed by atoms with Gasteiger partial charge in [-0.2, -0.15) is 0 Å². The van der Waals surface area contributed by atoms with E-state index in [1.807, 2.05) is 0 Å². The molecule has 1 aromatic carbocycles. The van der Waals surface area contributed by atoms with Crippen LogP contribution in [0.4, 0.5) is 5.69 Å². The first-order chi connectivity index (χ1) is 8.40. The quantitative estimate of drug-likeness (QED) is 0.351. The Morgan fingerprint density at radius 3 is 1.89 bits per heavy atom. The second-order valence-corrected chi connectivity index (χ2v) is 3.40. The molecule has 0 unspecified atom stereocenters. The lowest BCUT2D eigenvalue weighted by atomic mass is 10.2. The van der Waals surface area contributed by atoms with Crippen molar-refractivity contribution in [1.82, 2.24) is 0 Å². The van der Waals surface area contributed by atoms with Crippen LogP contribution in [0, 0.1) is 10.1 Å². The summed E-state index contributed by atoms with van der Waals surface area (Å²) in [6.07, 6.45) is -1.19. The van der Waals surface area contributed by atoms with Crippen LogP contribution in [-0.2, 0) is 19.1 Å². The van der Waals surface area contributed by atoms with Gasteiger partial charge in [0.05, 0.1) is 4.92 Å². The standard InChI is InChI=1S/C11H11NO6/c1-7(13)17-11(18-8(2)14)9-3-5-10(6-4-9)12(15)16/h3-6,11H,1-2H3. The van der Waals surface area contributed by atoms with Crippen LogP contribution < -0.4 is 0 Å². The van der Waals surface area contributed by atoms with Crippen LogP contribution in [-0.4, -0.2) is 16.9 Å². The predicted octanol–water partition coefficient (Wildman–Crippen LogP) is 1.72. The molecule has 0 aliphatic carbocycles. The van der Waals surface area contributed by atoms with Crippen molar-refractivity contribution in [2.45, 2.75) is 20.1 Å². The lowest BCUT2D eigenvalue weighted by molar-refractivity contribution is -0.384. The first kappa shape index (κ1) is 13.6. The van der Waals surface area contributed by atoms with E-state index in [0.29, 0.717) is 5.56 Å². The molecule has 18 heavy (non-hydrogen) atoms. The van der Waals surface area contributed by atoms with Gasteiger partial charge in [-0.3, -0.25) is 19.7 Å². The molecule has 0 amide bonds. The third kappa shape index (κ3) is 3.85. The van der Waals surface area contributed by atoms with Crippen LogP contribution in [0.25, 0.3) is 0 Å². The molecule has 0 saturated carbocycles. The summed E-state index contributed by atoms with van der Waals surface area (Å²) >= 11 is 0. The van der Waals surface area contributed by atoms with E-state index in [0.717, 1.165) is 0 Å². The number of nitrogens with zero attached hydrogens (tertiary/aromatic N) is 1. The van der Waals surface area contributed by atoms with Gasteiger partial charge in [0.1, 0.15) is 0 Å². The van der Waals surface area contributed by atoms with Crippen LogP contribution in [0.1, 0.15) is 25.7 Å². The molecule has 0 radical (unpaired) electrons. The highest BCUT2D eigenvalue weighted by atomic mass is 16.7. The van der Waals surface area contributed by atoms with Gasteiger partial charge in [-0.1, -0.05) is 0 Å². The van der Waals surface area contributed by atoms with Gasteiger partial charge in [-0.25, -0.2) is 0 Å². The molecule has 1 aromatic rings. The van der Waals surface area contributed by atoms with Gasteiger partial charge in [-0.15, -0.1) is 0 Å². The number of hydrogen-bond donors (Lipinski definition) is 0. The average Bonchev–Trinajstić information content (AvgIpc) is 2.27. The van der Waals surface area contributed by atoms with E-state index in [-0.39, 0.29) is 5.69 Å². The van der Waals surface area contributed by atoms with Gasteiger partial charge < -0.3 is 9.47 Å². The minimum absolute atomic E-state index is 0.108. The fraction of sp³-hybridized carbons (Fsp3) is 0.273. The Morgan fingerprint density at radius 1 is 1.11 bits per heavy atom. The van der Waals surface area contributed by atoms with E-state index in [1.165, 1.54) is 38.1 Å². The van der Waals surface area contributed by atoms with Crippen molar-refractivity contribution in [1.29, 1.82) is 0 Å². The maximum absolute atomic E-state index is 10.9. The van der Waals surface area contributed by atoms with Crippen molar-refractivity contribution in [2.24, 2.45) is 0 Å². The maximum atomic E-state index is 10.9. The molecule has 0 N–H and O–H groups in total. The zero-order valence-corrected chi connectivity index (χ0v) is 9.78. The molecule has 0 heterocycles. The summed E-state index contributed by atoms with van der Waals surface area (Å²) in [5.41, 5.74) is 0.231. The maximum Gasteiger partial charge on any atom is 0.305 e. The van der Waals surface area contributed by atoms with Crippen molar-refractivity contribution in [3.8, 4) is 0 Å². The van der Waals surface area contributed by atoms with Crippen LogP contribution in [0.5, 0.6) is 0 Å². The van der Waals surface area contributed by atoms with Gasteiger partial charge in [0.15, 0.2) is 0 Å². The first-order valence-corrected chi connectivity index (χ1v) is 4.99. The highest BCUT2D eigenvalue weighted by Crippen LogP contribution is 2.22. The van der Waals surface area contributed by atoms with E-state index in [9.17, 15) is 19.7 Å². The molecule has 0 spiro atoms. The van der Waals surface area contributed by atoms with E-state index in [1.54, 1.807) is 0 Å². The number of benzene rings is 1. The molecular formula is C11H11NO6. The molecule has 0 aliphatic rings. The molecule has 0 bridgehead atoms. The predicted molar refractivity (Wildman–Crippen MR) is 59.4 cm³/mol. The molecule has 0 aliphatic heterocycles. The number of non-ortho nitro benzene ring substituents is 1. The SMILES string of the molecule is CC(=O)OC(OC(C)=O)c1ccc([N+](=O)[O-])cc1. The smallest absolute Gasteiger partial charge is 0.305 e. The zero-order chi connectivity index (χ0) is 13.7. The molecule has 0 aromatic heterocycles. The Bertz CT molecular complexity index is 451. The lowest BCUT2D eigenvalue weighted by Crippen LogP contribution is -2.14. The second-order valence-electron chi connectivity index (χ2n) is 3.40. The third-order valence-electron chi connectivity index (χ3n) is 1.92. The summed E-state index contributed by atoms with van der Waals surface area (Å²) in [5, 5.41) is 10.5. The van der Waals surface area contributed by atoms with Gasteiger partial charge in [-0.05, 0) is 12.1 Å². The Labute approximate surface area is 102 Å². The summed E-state index contributed by atoms with van der Waals surface area (Å²) in [6.45, 7) is 2.34.